The number of rotatable bonds is 7. The van der Waals surface area contributed by atoms with E-state index in [9.17, 15) is 14.4 Å². The Hall–Kier alpha value is -2.81. The van der Waals surface area contributed by atoms with Crippen molar-refractivity contribution in [2.75, 3.05) is 6.61 Å². The number of nitrogens with zero attached hydrogens (tertiary/aromatic N) is 1. The summed E-state index contributed by atoms with van der Waals surface area (Å²) in [5.74, 6) is -1.88. The van der Waals surface area contributed by atoms with Crippen LogP contribution in [0, 0.1) is 5.92 Å². The molecule has 2 heterocycles. The zero-order valence-electron chi connectivity index (χ0n) is 20.1. The molecule has 3 atom stereocenters. The molecule has 0 radical (unpaired) electrons. The summed E-state index contributed by atoms with van der Waals surface area (Å²) in [7, 11) is -2.11. The Morgan fingerprint density at radius 1 is 1.03 bits per heavy atom. The standard InChI is InChI=1S/C26H31NO6Si/c1-17(24(28)27-25(29)20-12-5-6-13-21(20)26(27)30)23(33-34(2,3)4)18-10-9-11-19(16-18)32-22-14-7-8-15-31-22/h5-6,9-13,16-17,22-23H,7-8,14-15H2,1-4H3/t17-,22?,23+/m0/s1. The van der Waals surface area contributed by atoms with Crippen molar-refractivity contribution in [3.8, 4) is 5.75 Å². The van der Waals surface area contributed by atoms with Gasteiger partial charge < -0.3 is 13.9 Å². The predicted octanol–water partition coefficient (Wildman–Crippen LogP) is 4.94. The second kappa shape index (κ2) is 9.81. The molecule has 4 rings (SSSR count). The van der Waals surface area contributed by atoms with E-state index in [-0.39, 0.29) is 17.4 Å². The maximum Gasteiger partial charge on any atom is 0.268 e. The second-order valence-electron chi connectivity index (χ2n) is 9.76. The maximum atomic E-state index is 13.5. The van der Waals surface area contributed by atoms with Crippen LogP contribution in [0.1, 0.15) is 58.6 Å². The summed E-state index contributed by atoms with van der Waals surface area (Å²) in [6, 6.07) is 13.9. The van der Waals surface area contributed by atoms with Gasteiger partial charge >= 0.3 is 0 Å². The first-order chi connectivity index (χ1) is 16.2. The average molecular weight is 482 g/mol. The Labute approximate surface area is 201 Å². The first-order valence-electron chi connectivity index (χ1n) is 11.7. The molecule has 34 heavy (non-hydrogen) atoms. The van der Waals surface area contributed by atoms with Crippen LogP contribution in [0.3, 0.4) is 0 Å². The number of hydrogen-bond acceptors (Lipinski definition) is 6. The molecule has 0 bridgehead atoms. The molecule has 0 aromatic heterocycles. The van der Waals surface area contributed by atoms with Crippen LogP contribution in [-0.4, -0.2) is 43.8 Å². The van der Waals surface area contributed by atoms with E-state index in [0.29, 0.717) is 12.4 Å². The third-order valence-corrected chi connectivity index (χ3v) is 6.89. The monoisotopic (exact) mass is 481 g/mol. The molecule has 0 spiro atoms. The minimum atomic E-state index is -2.11. The number of fused-ring (bicyclic) bond motifs is 1. The highest BCUT2D eigenvalue weighted by atomic mass is 28.4. The topological polar surface area (TPSA) is 82.1 Å². The van der Waals surface area contributed by atoms with Gasteiger partial charge in [-0.1, -0.05) is 31.2 Å². The van der Waals surface area contributed by atoms with Crippen LogP contribution in [-0.2, 0) is 14.0 Å². The van der Waals surface area contributed by atoms with Crippen LogP contribution in [0.4, 0.5) is 0 Å². The van der Waals surface area contributed by atoms with E-state index in [1.54, 1.807) is 31.2 Å². The lowest BCUT2D eigenvalue weighted by Crippen LogP contribution is -2.43. The number of amides is 3. The molecule has 0 N–H and O–H groups in total. The van der Waals surface area contributed by atoms with E-state index < -0.39 is 38.1 Å². The van der Waals surface area contributed by atoms with Crippen LogP contribution in [0.5, 0.6) is 5.75 Å². The van der Waals surface area contributed by atoms with Gasteiger partial charge in [-0.3, -0.25) is 14.4 Å². The lowest BCUT2D eigenvalue weighted by atomic mass is 9.96. The number of carbonyl (C=O) groups is 3. The highest BCUT2D eigenvalue weighted by molar-refractivity contribution is 6.69. The highest BCUT2D eigenvalue weighted by Gasteiger charge is 2.44. The summed E-state index contributed by atoms with van der Waals surface area (Å²) in [5, 5.41) is 0. The van der Waals surface area contributed by atoms with E-state index >= 15 is 0 Å². The second-order valence-corrected chi connectivity index (χ2v) is 14.2. The molecule has 1 fully saturated rings. The van der Waals surface area contributed by atoms with Gasteiger partial charge in [-0.15, -0.1) is 0 Å². The summed E-state index contributed by atoms with van der Waals surface area (Å²) in [5.41, 5.74) is 1.25. The molecule has 1 unspecified atom stereocenters. The molecule has 2 aromatic rings. The fourth-order valence-electron chi connectivity index (χ4n) is 4.28. The van der Waals surface area contributed by atoms with Crippen LogP contribution >= 0.6 is 0 Å². The van der Waals surface area contributed by atoms with Crippen LogP contribution in [0.15, 0.2) is 48.5 Å². The minimum Gasteiger partial charge on any atom is -0.465 e. The molecular formula is C26H31NO6Si. The molecule has 3 amide bonds. The Morgan fingerprint density at radius 2 is 1.71 bits per heavy atom. The summed E-state index contributed by atoms with van der Waals surface area (Å²) >= 11 is 0. The highest BCUT2D eigenvalue weighted by Crippen LogP contribution is 2.35. The fraction of sp³-hybridized carbons (Fsp3) is 0.423. The van der Waals surface area contributed by atoms with Crippen LogP contribution in [0.25, 0.3) is 0 Å². The number of benzene rings is 2. The summed E-state index contributed by atoms with van der Waals surface area (Å²) in [4.78, 5) is 40.0. The lowest BCUT2D eigenvalue weighted by Gasteiger charge is -2.32. The van der Waals surface area contributed by atoms with Crippen molar-refractivity contribution in [2.45, 2.75) is 58.2 Å². The Balaban J connectivity index is 1.60. The SMILES string of the molecule is C[C@H](C(=O)N1C(=O)c2ccccc2C1=O)[C@@H](O[Si](C)(C)C)c1cccc(OC2CCCCO2)c1. The quantitative estimate of drug-likeness (QED) is 0.411. The van der Waals surface area contributed by atoms with Gasteiger partial charge in [0.15, 0.2) is 14.6 Å². The number of hydrogen-bond donors (Lipinski definition) is 0. The summed E-state index contributed by atoms with van der Waals surface area (Å²) in [6.07, 6.45) is 1.98. The molecule has 2 aromatic carbocycles. The number of carbonyl (C=O) groups excluding carboxylic acids is 3. The normalized spacial score (nSPS) is 20.1. The fourth-order valence-corrected chi connectivity index (χ4v) is 5.38. The smallest absolute Gasteiger partial charge is 0.268 e. The molecule has 7 nitrogen and oxygen atoms in total. The first kappa shape index (κ1) is 24.3. The summed E-state index contributed by atoms with van der Waals surface area (Å²) in [6.45, 7) is 8.49. The van der Waals surface area contributed by atoms with Gasteiger partial charge in [0, 0.05) is 6.42 Å². The van der Waals surface area contributed by atoms with Crippen LogP contribution in [0.2, 0.25) is 19.6 Å². The molecule has 180 valence electrons. The van der Waals surface area contributed by atoms with Gasteiger partial charge in [0.2, 0.25) is 5.91 Å². The van der Waals surface area contributed by atoms with Crippen molar-refractivity contribution in [3.05, 3.63) is 65.2 Å². The van der Waals surface area contributed by atoms with E-state index in [2.05, 4.69) is 0 Å². The van der Waals surface area contributed by atoms with Gasteiger partial charge in [0.1, 0.15) is 5.75 Å². The van der Waals surface area contributed by atoms with Gasteiger partial charge in [-0.25, -0.2) is 4.90 Å². The Morgan fingerprint density at radius 3 is 2.29 bits per heavy atom. The van der Waals surface area contributed by atoms with Gasteiger partial charge in [-0.2, -0.15) is 0 Å². The van der Waals surface area contributed by atoms with Crippen molar-refractivity contribution < 1.29 is 28.3 Å². The molecule has 2 aliphatic heterocycles. The van der Waals surface area contributed by atoms with Crippen molar-refractivity contribution in [1.82, 2.24) is 4.90 Å². The largest absolute Gasteiger partial charge is 0.465 e. The molecular weight excluding hydrogens is 450 g/mol. The zero-order chi connectivity index (χ0) is 24.5. The van der Waals surface area contributed by atoms with Crippen molar-refractivity contribution >= 4 is 26.0 Å². The minimum absolute atomic E-state index is 0.249. The lowest BCUT2D eigenvalue weighted by molar-refractivity contribution is -0.133. The number of imide groups is 3. The van der Waals surface area contributed by atoms with Gasteiger partial charge in [0.05, 0.1) is 29.8 Å². The zero-order valence-corrected chi connectivity index (χ0v) is 21.1. The first-order valence-corrected chi connectivity index (χ1v) is 15.1. The Bertz CT molecular complexity index is 1050. The number of ether oxygens (including phenoxy) is 2. The molecule has 1 saturated heterocycles. The predicted molar refractivity (Wildman–Crippen MR) is 129 cm³/mol. The molecule has 2 aliphatic rings. The maximum absolute atomic E-state index is 13.5. The summed E-state index contributed by atoms with van der Waals surface area (Å²) < 4.78 is 18.2. The van der Waals surface area contributed by atoms with E-state index in [1.807, 2.05) is 43.9 Å². The third-order valence-electron chi connectivity index (χ3n) is 5.93. The van der Waals surface area contributed by atoms with Crippen molar-refractivity contribution in [1.29, 1.82) is 0 Å². The van der Waals surface area contributed by atoms with Crippen LogP contribution < -0.4 is 4.74 Å². The molecule has 0 aliphatic carbocycles. The molecule has 0 saturated carbocycles. The Kier molecular flexibility index (Phi) is 7.02. The van der Waals surface area contributed by atoms with E-state index in [4.69, 9.17) is 13.9 Å². The van der Waals surface area contributed by atoms with Gasteiger partial charge in [-0.05, 0) is 62.3 Å². The average Bonchev–Trinajstić information content (AvgIpc) is 3.07. The third kappa shape index (κ3) is 5.14. The van der Waals surface area contributed by atoms with E-state index in [1.165, 1.54) is 0 Å². The van der Waals surface area contributed by atoms with Gasteiger partial charge in [0.25, 0.3) is 11.8 Å². The van der Waals surface area contributed by atoms with E-state index in [0.717, 1.165) is 29.7 Å². The van der Waals surface area contributed by atoms with Crippen molar-refractivity contribution in [3.63, 3.8) is 0 Å². The van der Waals surface area contributed by atoms with Crippen molar-refractivity contribution in [2.24, 2.45) is 5.92 Å². The molecule has 8 heteroatoms.